The maximum atomic E-state index is 13.7. The lowest BCUT2D eigenvalue weighted by Gasteiger charge is -2.29. The summed E-state index contributed by atoms with van der Waals surface area (Å²) in [6.45, 7) is 1.97. The highest BCUT2D eigenvalue weighted by Crippen LogP contribution is 2.22. The topological polar surface area (TPSA) is 108 Å². The zero-order valence-electron chi connectivity index (χ0n) is 12.3. The largest absolute Gasteiger partial charge is 0.378 e. The Hall–Kier alpha value is -2.04. The van der Waals surface area contributed by atoms with Gasteiger partial charge in [0.05, 0.1) is 24.1 Å². The number of hydrogen-bond donors (Lipinski definition) is 1. The average Bonchev–Trinajstić information content (AvgIpc) is 2.50. The van der Waals surface area contributed by atoms with Crippen LogP contribution in [-0.2, 0) is 21.8 Å². The van der Waals surface area contributed by atoms with Gasteiger partial charge in [0.25, 0.3) is 5.56 Å². The molecule has 0 amide bonds. The van der Waals surface area contributed by atoms with E-state index in [1.165, 1.54) is 11.6 Å². The molecular formula is C13H15FN4O4S. The van der Waals surface area contributed by atoms with Gasteiger partial charge in [0.2, 0.25) is 16.0 Å². The van der Waals surface area contributed by atoms with E-state index in [2.05, 4.69) is 4.98 Å². The molecule has 0 aliphatic carbocycles. The van der Waals surface area contributed by atoms with E-state index in [1.54, 1.807) is 4.90 Å². The molecule has 0 bridgehead atoms. The molecule has 2 N–H and O–H groups in total. The summed E-state index contributed by atoms with van der Waals surface area (Å²) in [4.78, 5) is 18.1. The summed E-state index contributed by atoms with van der Waals surface area (Å²) in [6.07, 6.45) is 0. The van der Waals surface area contributed by atoms with Crippen LogP contribution in [0.25, 0.3) is 10.9 Å². The van der Waals surface area contributed by atoms with Crippen LogP contribution in [0.5, 0.6) is 0 Å². The summed E-state index contributed by atoms with van der Waals surface area (Å²) in [7, 11) is -2.72. The number of ether oxygens (including phenoxy) is 1. The first-order chi connectivity index (χ1) is 10.8. The van der Waals surface area contributed by atoms with Crippen molar-refractivity contribution in [3.63, 3.8) is 0 Å². The highest BCUT2D eigenvalue weighted by atomic mass is 32.2. The van der Waals surface area contributed by atoms with Gasteiger partial charge in [-0.15, -0.1) is 0 Å². The van der Waals surface area contributed by atoms with Gasteiger partial charge in [0.15, 0.2) is 0 Å². The van der Waals surface area contributed by atoms with Crippen LogP contribution < -0.4 is 15.6 Å². The fourth-order valence-electron chi connectivity index (χ4n) is 2.56. The Labute approximate surface area is 131 Å². The summed E-state index contributed by atoms with van der Waals surface area (Å²) >= 11 is 0. The molecule has 3 rings (SSSR count). The fraction of sp³-hybridized carbons (Fsp3) is 0.385. The molecule has 2 heterocycles. The minimum Gasteiger partial charge on any atom is -0.378 e. The highest BCUT2D eigenvalue weighted by Gasteiger charge is 2.22. The zero-order valence-corrected chi connectivity index (χ0v) is 13.1. The van der Waals surface area contributed by atoms with Gasteiger partial charge in [-0.2, -0.15) is 0 Å². The van der Waals surface area contributed by atoms with Crippen LogP contribution in [0, 0.1) is 5.82 Å². The maximum Gasteiger partial charge on any atom is 0.262 e. The Morgan fingerprint density at radius 1 is 1.30 bits per heavy atom. The summed E-state index contributed by atoms with van der Waals surface area (Å²) in [5.74, 6) is -0.568. The molecule has 8 nitrogen and oxygen atoms in total. The third-order valence-corrected chi connectivity index (χ3v) is 4.61. The highest BCUT2D eigenvalue weighted by molar-refractivity contribution is 7.89. The van der Waals surface area contributed by atoms with Crippen molar-refractivity contribution >= 4 is 26.9 Å². The molecule has 23 heavy (non-hydrogen) atoms. The van der Waals surface area contributed by atoms with Crippen molar-refractivity contribution in [2.45, 2.75) is 4.90 Å². The minimum atomic E-state index is -4.22. The van der Waals surface area contributed by atoms with E-state index in [1.807, 2.05) is 0 Å². The van der Waals surface area contributed by atoms with Crippen LogP contribution in [0.15, 0.2) is 21.8 Å². The van der Waals surface area contributed by atoms with E-state index in [4.69, 9.17) is 9.88 Å². The second-order valence-electron chi connectivity index (χ2n) is 5.22. The fourth-order valence-corrected chi connectivity index (χ4v) is 3.26. The molecule has 1 saturated heterocycles. The quantitative estimate of drug-likeness (QED) is 0.792. The van der Waals surface area contributed by atoms with Crippen LogP contribution in [0.3, 0.4) is 0 Å². The van der Waals surface area contributed by atoms with E-state index in [-0.39, 0.29) is 10.9 Å². The lowest BCUT2D eigenvalue weighted by molar-refractivity contribution is 0.121. The maximum absolute atomic E-state index is 13.7. The third kappa shape index (κ3) is 2.80. The number of nitrogens with zero attached hydrogens (tertiary/aromatic N) is 3. The monoisotopic (exact) mass is 342 g/mol. The number of halogens is 1. The van der Waals surface area contributed by atoms with E-state index in [0.717, 1.165) is 12.1 Å². The molecule has 0 saturated carbocycles. The van der Waals surface area contributed by atoms with Gasteiger partial charge in [-0.25, -0.2) is 22.9 Å². The lowest BCUT2D eigenvalue weighted by Crippen LogP contribution is -2.40. The lowest BCUT2D eigenvalue weighted by atomic mass is 10.2. The smallest absolute Gasteiger partial charge is 0.262 e. The number of sulfonamides is 1. The summed E-state index contributed by atoms with van der Waals surface area (Å²) in [6, 6.07) is 1.73. The summed E-state index contributed by atoms with van der Waals surface area (Å²) in [5, 5.41) is 5.00. The molecule has 124 valence electrons. The second kappa shape index (κ2) is 5.55. The van der Waals surface area contributed by atoms with E-state index >= 15 is 0 Å². The Bertz CT molecular complexity index is 935. The number of primary sulfonamides is 1. The minimum absolute atomic E-state index is 0.126. The van der Waals surface area contributed by atoms with Gasteiger partial charge >= 0.3 is 0 Å². The van der Waals surface area contributed by atoms with Gasteiger partial charge < -0.3 is 9.64 Å². The van der Waals surface area contributed by atoms with E-state index in [0.29, 0.717) is 32.3 Å². The Morgan fingerprint density at radius 2 is 1.96 bits per heavy atom. The molecule has 0 spiro atoms. The second-order valence-corrected chi connectivity index (χ2v) is 6.75. The molecule has 1 aromatic heterocycles. The Balaban J connectivity index is 2.35. The van der Waals surface area contributed by atoms with Crippen molar-refractivity contribution in [3.8, 4) is 0 Å². The number of nitrogens with two attached hydrogens (primary N) is 1. The van der Waals surface area contributed by atoms with Crippen LogP contribution in [-0.4, -0.2) is 44.3 Å². The predicted octanol–water partition coefficient (Wildman–Crippen LogP) is -0.443. The molecule has 1 aromatic carbocycles. The van der Waals surface area contributed by atoms with Crippen molar-refractivity contribution in [3.05, 3.63) is 28.3 Å². The van der Waals surface area contributed by atoms with Crippen molar-refractivity contribution in [2.75, 3.05) is 31.2 Å². The van der Waals surface area contributed by atoms with Gasteiger partial charge in [-0.05, 0) is 12.1 Å². The molecule has 0 unspecified atom stereocenters. The van der Waals surface area contributed by atoms with Gasteiger partial charge in [-0.3, -0.25) is 9.36 Å². The van der Waals surface area contributed by atoms with Gasteiger partial charge in [-0.1, -0.05) is 0 Å². The van der Waals surface area contributed by atoms with Crippen LogP contribution in [0.2, 0.25) is 0 Å². The Kier molecular flexibility index (Phi) is 3.82. The molecule has 2 aromatic rings. The van der Waals surface area contributed by atoms with Crippen LogP contribution in [0.1, 0.15) is 0 Å². The van der Waals surface area contributed by atoms with Gasteiger partial charge in [0.1, 0.15) is 10.7 Å². The average molecular weight is 342 g/mol. The molecule has 1 fully saturated rings. The first kappa shape index (κ1) is 15.8. The van der Waals surface area contributed by atoms with Crippen LogP contribution >= 0.6 is 0 Å². The van der Waals surface area contributed by atoms with E-state index < -0.39 is 26.3 Å². The van der Waals surface area contributed by atoms with E-state index in [9.17, 15) is 17.6 Å². The van der Waals surface area contributed by atoms with Crippen molar-refractivity contribution in [2.24, 2.45) is 12.2 Å². The van der Waals surface area contributed by atoms with Crippen molar-refractivity contribution in [1.29, 1.82) is 0 Å². The number of fused-ring (bicyclic) bond motifs is 1. The zero-order chi connectivity index (χ0) is 16.8. The molecule has 0 atom stereocenters. The SMILES string of the molecule is Cn1c(N2CCOCC2)nc2c(S(N)(=O)=O)cc(F)cc2c1=O. The molecule has 0 radical (unpaired) electrons. The normalized spacial score (nSPS) is 16.0. The summed E-state index contributed by atoms with van der Waals surface area (Å²) < 4.78 is 43.6. The predicted molar refractivity (Wildman–Crippen MR) is 81.3 cm³/mol. The first-order valence-corrected chi connectivity index (χ1v) is 8.39. The number of rotatable bonds is 2. The summed E-state index contributed by atoms with van der Waals surface area (Å²) in [5.41, 5.74) is -0.667. The molecule has 1 aliphatic heterocycles. The van der Waals surface area contributed by atoms with Gasteiger partial charge in [0, 0.05) is 20.1 Å². The van der Waals surface area contributed by atoms with Crippen molar-refractivity contribution < 1.29 is 17.5 Å². The number of aromatic nitrogens is 2. The Morgan fingerprint density at radius 3 is 2.57 bits per heavy atom. The molecule has 10 heteroatoms. The first-order valence-electron chi connectivity index (χ1n) is 6.85. The standard InChI is InChI=1S/C13H15FN4O4S/c1-17-12(19)9-6-8(14)7-10(23(15,20)21)11(9)16-13(17)18-2-4-22-5-3-18/h6-7H,2-5H2,1H3,(H2,15,20,21). The number of benzene rings is 1. The number of anilines is 1. The third-order valence-electron chi connectivity index (χ3n) is 3.69. The van der Waals surface area contributed by atoms with Crippen LogP contribution in [0.4, 0.5) is 10.3 Å². The number of hydrogen-bond acceptors (Lipinski definition) is 6. The number of morpholine rings is 1. The van der Waals surface area contributed by atoms with Crippen molar-refractivity contribution in [1.82, 2.24) is 9.55 Å². The molecular weight excluding hydrogens is 327 g/mol. The molecule has 1 aliphatic rings.